The molecule has 0 fully saturated rings. The van der Waals surface area contributed by atoms with Crippen molar-refractivity contribution in [2.45, 2.75) is 31.2 Å². The normalized spacial score (nSPS) is 13.2. The number of carboxylic acids is 1. The maximum atomic E-state index is 12.3. The van der Waals surface area contributed by atoms with E-state index in [1.54, 1.807) is 18.3 Å². The Hall–Kier alpha value is -1.64. The Labute approximate surface area is 126 Å². The molecule has 0 aliphatic rings. The van der Waals surface area contributed by atoms with Crippen molar-refractivity contribution in [2.75, 3.05) is 0 Å². The van der Waals surface area contributed by atoms with Gasteiger partial charge in [0.2, 0.25) is 15.8 Å². The molecule has 0 bridgehead atoms. The van der Waals surface area contributed by atoms with E-state index in [2.05, 4.69) is 4.72 Å². The number of sulfonamides is 1. The molecule has 0 aromatic carbocycles. The molecule has 2 heterocycles. The summed E-state index contributed by atoms with van der Waals surface area (Å²) in [6.45, 7) is 3.18. The smallest absolute Gasteiger partial charge is 0.371 e. The van der Waals surface area contributed by atoms with Gasteiger partial charge in [-0.05, 0) is 31.7 Å². The lowest BCUT2D eigenvalue weighted by atomic mass is 10.2. The van der Waals surface area contributed by atoms with Crippen LogP contribution in [0.2, 0.25) is 0 Å². The predicted molar refractivity (Wildman–Crippen MR) is 78.2 cm³/mol. The van der Waals surface area contributed by atoms with Crippen LogP contribution in [0.3, 0.4) is 0 Å². The first-order valence-electron chi connectivity index (χ1n) is 6.18. The third-order valence-electron chi connectivity index (χ3n) is 2.82. The molecule has 2 aromatic heterocycles. The lowest BCUT2D eigenvalue weighted by molar-refractivity contribution is 0.0661. The highest BCUT2D eigenvalue weighted by Crippen LogP contribution is 2.21. The molecule has 0 saturated carbocycles. The summed E-state index contributed by atoms with van der Waals surface area (Å²) >= 11 is 1.55. The molecule has 114 valence electrons. The van der Waals surface area contributed by atoms with E-state index in [0.717, 1.165) is 10.9 Å². The van der Waals surface area contributed by atoms with Gasteiger partial charge in [-0.2, -0.15) is 0 Å². The lowest BCUT2D eigenvalue weighted by Crippen LogP contribution is -2.34. The Morgan fingerprint density at radius 2 is 2.24 bits per heavy atom. The first kappa shape index (κ1) is 15.7. The number of furan rings is 1. The molecule has 0 aliphatic carbocycles. The van der Waals surface area contributed by atoms with Crippen LogP contribution in [0, 0.1) is 6.92 Å². The topological polar surface area (TPSA) is 96.6 Å². The summed E-state index contributed by atoms with van der Waals surface area (Å²) in [5, 5.41) is 10.8. The van der Waals surface area contributed by atoms with Gasteiger partial charge in [0.1, 0.15) is 10.7 Å². The van der Waals surface area contributed by atoms with Gasteiger partial charge in [-0.1, -0.05) is 6.07 Å². The average molecular weight is 329 g/mol. The molecule has 0 radical (unpaired) electrons. The van der Waals surface area contributed by atoms with Gasteiger partial charge in [0.15, 0.2) is 0 Å². The van der Waals surface area contributed by atoms with Crippen molar-refractivity contribution in [3.63, 3.8) is 0 Å². The zero-order valence-electron chi connectivity index (χ0n) is 11.5. The Morgan fingerprint density at radius 1 is 1.52 bits per heavy atom. The molecular weight excluding hydrogens is 314 g/mol. The molecule has 1 atom stereocenters. The maximum absolute atomic E-state index is 12.3. The van der Waals surface area contributed by atoms with Gasteiger partial charge in [-0.3, -0.25) is 0 Å². The van der Waals surface area contributed by atoms with Gasteiger partial charge in [-0.25, -0.2) is 17.9 Å². The van der Waals surface area contributed by atoms with Gasteiger partial charge in [0.05, 0.1) is 0 Å². The lowest BCUT2D eigenvalue weighted by Gasteiger charge is -2.12. The maximum Gasteiger partial charge on any atom is 0.371 e. The first-order valence-corrected chi connectivity index (χ1v) is 8.54. The van der Waals surface area contributed by atoms with Crippen molar-refractivity contribution in [1.82, 2.24) is 4.72 Å². The van der Waals surface area contributed by atoms with E-state index < -0.39 is 21.8 Å². The number of rotatable bonds is 6. The summed E-state index contributed by atoms with van der Waals surface area (Å²) < 4.78 is 32.0. The van der Waals surface area contributed by atoms with E-state index in [4.69, 9.17) is 9.52 Å². The number of hydrogen-bond acceptors (Lipinski definition) is 5. The number of carbonyl (C=O) groups is 1. The average Bonchev–Trinajstić information content (AvgIpc) is 2.97. The van der Waals surface area contributed by atoms with E-state index in [0.29, 0.717) is 6.42 Å². The number of thiophene rings is 1. The summed E-state index contributed by atoms with van der Waals surface area (Å²) in [5.41, 5.74) is 0. The highest BCUT2D eigenvalue weighted by atomic mass is 32.2. The van der Waals surface area contributed by atoms with Gasteiger partial charge in [-0.15, -0.1) is 11.3 Å². The SMILES string of the molecule is Cc1oc(C(=O)O)cc1S(=O)(=O)NC(C)Cc1cccs1. The minimum atomic E-state index is -3.81. The highest BCUT2D eigenvalue weighted by molar-refractivity contribution is 7.89. The molecule has 2 N–H and O–H groups in total. The highest BCUT2D eigenvalue weighted by Gasteiger charge is 2.25. The largest absolute Gasteiger partial charge is 0.475 e. The molecule has 2 aromatic rings. The molecular formula is C13H15NO5S2. The standard InChI is InChI=1S/C13H15NO5S2/c1-8(6-10-4-3-5-20-10)14-21(17,18)12-7-11(13(15)16)19-9(12)2/h3-5,7-8,14H,6H2,1-2H3,(H,15,16). The van der Waals surface area contributed by atoms with Crippen molar-refractivity contribution >= 4 is 27.3 Å². The van der Waals surface area contributed by atoms with Crippen molar-refractivity contribution in [2.24, 2.45) is 0 Å². The van der Waals surface area contributed by atoms with Crippen LogP contribution in [-0.2, 0) is 16.4 Å². The van der Waals surface area contributed by atoms with E-state index in [1.165, 1.54) is 6.92 Å². The zero-order valence-corrected chi connectivity index (χ0v) is 13.1. The summed E-state index contributed by atoms with van der Waals surface area (Å²) in [6.07, 6.45) is 0.569. The fourth-order valence-corrected chi connectivity index (χ4v) is 4.20. The number of nitrogens with one attached hydrogen (secondary N) is 1. The summed E-state index contributed by atoms with van der Waals surface area (Å²) in [6, 6.07) is 4.55. The van der Waals surface area contributed by atoms with Crippen molar-refractivity contribution in [1.29, 1.82) is 0 Å². The minimum Gasteiger partial charge on any atom is -0.475 e. The summed E-state index contributed by atoms with van der Waals surface area (Å²) in [4.78, 5) is 11.7. The van der Waals surface area contributed by atoms with Crippen molar-refractivity contribution < 1.29 is 22.7 Å². The third-order valence-corrected chi connectivity index (χ3v) is 5.41. The first-order chi connectivity index (χ1) is 9.79. The molecule has 1 unspecified atom stereocenters. The van der Waals surface area contributed by atoms with Crippen molar-refractivity contribution in [3.8, 4) is 0 Å². The van der Waals surface area contributed by atoms with Gasteiger partial charge >= 0.3 is 5.97 Å². The Morgan fingerprint density at radius 3 is 2.76 bits per heavy atom. The second kappa shape index (κ2) is 6.00. The zero-order chi connectivity index (χ0) is 15.6. The molecule has 8 heteroatoms. The van der Waals surface area contributed by atoms with Crippen LogP contribution in [0.1, 0.15) is 28.1 Å². The van der Waals surface area contributed by atoms with Crippen LogP contribution >= 0.6 is 11.3 Å². The van der Waals surface area contributed by atoms with Crippen LogP contribution in [0.5, 0.6) is 0 Å². The Balaban J connectivity index is 2.16. The van der Waals surface area contributed by atoms with Crippen LogP contribution in [0.15, 0.2) is 32.9 Å². The predicted octanol–water partition coefficient (Wildman–Crippen LogP) is 2.26. The second-order valence-corrected chi connectivity index (χ2v) is 7.36. The number of aromatic carboxylic acids is 1. The quantitative estimate of drug-likeness (QED) is 0.847. The number of carboxylic acid groups (broad SMARTS) is 1. The molecule has 0 spiro atoms. The van der Waals surface area contributed by atoms with E-state index in [-0.39, 0.29) is 16.7 Å². The molecule has 21 heavy (non-hydrogen) atoms. The monoisotopic (exact) mass is 329 g/mol. The third kappa shape index (κ3) is 3.72. The number of hydrogen-bond donors (Lipinski definition) is 2. The van der Waals surface area contributed by atoms with Crippen LogP contribution < -0.4 is 4.72 Å². The van der Waals surface area contributed by atoms with E-state index in [1.807, 2.05) is 17.5 Å². The second-order valence-electron chi connectivity index (χ2n) is 4.64. The summed E-state index contributed by atoms with van der Waals surface area (Å²) in [7, 11) is -3.81. The van der Waals surface area contributed by atoms with Crippen LogP contribution in [0.25, 0.3) is 0 Å². The fraction of sp³-hybridized carbons (Fsp3) is 0.308. The molecule has 0 amide bonds. The van der Waals surface area contributed by atoms with Gasteiger partial charge in [0.25, 0.3) is 0 Å². The molecule has 0 aliphatic heterocycles. The van der Waals surface area contributed by atoms with Crippen molar-refractivity contribution in [3.05, 3.63) is 40.0 Å². The van der Waals surface area contributed by atoms with Crippen LogP contribution in [-0.4, -0.2) is 25.5 Å². The molecule has 2 rings (SSSR count). The minimum absolute atomic E-state index is 0.0585. The molecule has 0 saturated heterocycles. The van der Waals surface area contributed by atoms with E-state index in [9.17, 15) is 13.2 Å². The van der Waals surface area contributed by atoms with Crippen LogP contribution in [0.4, 0.5) is 0 Å². The van der Waals surface area contributed by atoms with E-state index >= 15 is 0 Å². The Bertz CT molecular complexity index is 731. The molecule has 6 nitrogen and oxygen atoms in total. The fourth-order valence-electron chi connectivity index (χ4n) is 1.94. The summed E-state index contributed by atoms with van der Waals surface area (Å²) in [5.74, 6) is -1.63. The van der Waals surface area contributed by atoms with Gasteiger partial charge < -0.3 is 9.52 Å². The number of aryl methyl sites for hydroxylation is 1. The van der Waals surface area contributed by atoms with Gasteiger partial charge in [0, 0.05) is 17.0 Å². The Kier molecular flexibility index (Phi) is 4.50.